The van der Waals surface area contributed by atoms with Gasteiger partial charge in [-0.1, -0.05) is 61.5 Å². The molecule has 38 heavy (non-hydrogen) atoms. The fourth-order valence-corrected chi connectivity index (χ4v) is 5.32. The van der Waals surface area contributed by atoms with Gasteiger partial charge in [-0.3, -0.25) is 9.52 Å². The summed E-state index contributed by atoms with van der Waals surface area (Å²) in [5, 5.41) is -1.01. The van der Waals surface area contributed by atoms with Gasteiger partial charge in [0.05, 0.1) is 6.54 Å². The third-order valence-electron chi connectivity index (χ3n) is 6.29. The molecular weight excluding hydrogens is 498 g/mol. The lowest BCUT2D eigenvalue weighted by Crippen LogP contribution is -2.24. The number of nitrogens with one attached hydrogen (secondary N) is 1. The van der Waals surface area contributed by atoms with E-state index in [0.29, 0.717) is 12.1 Å². The summed E-state index contributed by atoms with van der Waals surface area (Å²) >= 11 is 0. The Bertz CT molecular complexity index is 1710. The van der Waals surface area contributed by atoms with E-state index in [1.807, 2.05) is 43.5 Å². The number of aromatic nitrogens is 4. The average Bonchev–Trinajstić information content (AvgIpc) is 3.27. The molecule has 0 aliphatic carbocycles. The van der Waals surface area contributed by atoms with Gasteiger partial charge in [-0.2, -0.15) is 8.42 Å². The molecule has 0 aliphatic rings. The molecule has 0 unspecified atom stereocenters. The standard InChI is InChI=1S/C29H27N5O3S/c1-3-8-25-32-26-20(2)16-18-31-28(26)34(25)19-21-12-14-22(15-13-21)24-11-7-17-30-27(24)33-38(36,37)29(35)23-9-5-4-6-10-23/h4-7,9-18H,3,8,19H2,1-2H3,(H,30,33). The van der Waals surface area contributed by atoms with Crippen LogP contribution in [0.4, 0.5) is 5.82 Å². The smallest absolute Gasteiger partial charge is 0.301 e. The lowest BCUT2D eigenvalue weighted by atomic mass is 10.0. The number of benzene rings is 2. The lowest BCUT2D eigenvalue weighted by molar-refractivity contribution is 0.107. The highest BCUT2D eigenvalue weighted by Gasteiger charge is 2.25. The summed E-state index contributed by atoms with van der Waals surface area (Å²) in [5.74, 6) is 1.09. The number of fused-ring (bicyclic) bond motifs is 1. The molecular formula is C29H27N5O3S. The van der Waals surface area contributed by atoms with Crippen molar-refractivity contribution in [3.8, 4) is 11.1 Å². The Morgan fingerprint density at radius 2 is 1.68 bits per heavy atom. The van der Waals surface area contributed by atoms with Crippen molar-refractivity contribution in [3.63, 3.8) is 0 Å². The predicted molar refractivity (Wildman–Crippen MR) is 148 cm³/mol. The van der Waals surface area contributed by atoms with Gasteiger partial charge in [0, 0.05) is 29.9 Å². The van der Waals surface area contributed by atoms with Crippen molar-refractivity contribution < 1.29 is 13.2 Å². The number of imidazole rings is 1. The second-order valence-electron chi connectivity index (χ2n) is 9.02. The Labute approximate surface area is 221 Å². The van der Waals surface area contributed by atoms with Crippen molar-refractivity contribution >= 4 is 32.1 Å². The Morgan fingerprint density at radius 1 is 0.921 bits per heavy atom. The van der Waals surface area contributed by atoms with Crippen LogP contribution in [0.15, 0.2) is 85.2 Å². The van der Waals surface area contributed by atoms with Gasteiger partial charge in [0.25, 0.3) is 5.12 Å². The maximum absolute atomic E-state index is 12.8. The summed E-state index contributed by atoms with van der Waals surface area (Å²) in [6, 6.07) is 21.2. The van der Waals surface area contributed by atoms with Gasteiger partial charge in [-0.25, -0.2) is 15.0 Å². The van der Waals surface area contributed by atoms with Crippen LogP contribution in [-0.4, -0.2) is 33.1 Å². The van der Waals surface area contributed by atoms with E-state index < -0.39 is 15.1 Å². The number of aryl methyl sites for hydroxylation is 2. The lowest BCUT2D eigenvalue weighted by Gasteiger charge is -2.12. The first kappa shape index (κ1) is 25.3. The van der Waals surface area contributed by atoms with Crippen molar-refractivity contribution in [2.45, 2.75) is 33.2 Å². The molecule has 192 valence electrons. The van der Waals surface area contributed by atoms with Crippen molar-refractivity contribution in [2.75, 3.05) is 4.72 Å². The maximum atomic E-state index is 12.8. The van der Waals surface area contributed by atoms with Gasteiger partial charge in [0.1, 0.15) is 17.2 Å². The third-order valence-corrected chi connectivity index (χ3v) is 7.47. The molecule has 0 spiro atoms. The first-order chi connectivity index (χ1) is 18.4. The summed E-state index contributed by atoms with van der Waals surface area (Å²) < 4.78 is 30.2. The van der Waals surface area contributed by atoms with Gasteiger partial charge in [-0.15, -0.1) is 0 Å². The second kappa shape index (κ2) is 10.5. The number of nitrogens with zero attached hydrogens (tertiary/aromatic N) is 4. The van der Waals surface area contributed by atoms with Crippen molar-refractivity contribution in [1.82, 2.24) is 19.5 Å². The zero-order chi connectivity index (χ0) is 26.7. The Balaban J connectivity index is 1.42. The highest BCUT2D eigenvalue weighted by atomic mass is 32.2. The zero-order valence-corrected chi connectivity index (χ0v) is 21.9. The van der Waals surface area contributed by atoms with Gasteiger partial charge in [0.15, 0.2) is 5.65 Å². The van der Waals surface area contributed by atoms with E-state index in [1.165, 1.54) is 18.3 Å². The van der Waals surface area contributed by atoms with Crippen LogP contribution in [-0.2, 0) is 23.0 Å². The molecule has 0 fully saturated rings. The molecule has 3 heterocycles. The van der Waals surface area contributed by atoms with Crippen molar-refractivity contribution in [3.05, 3.63) is 108 Å². The minimum absolute atomic E-state index is 0.0842. The number of pyridine rings is 2. The molecule has 0 aliphatic heterocycles. The number of carbonyl (C=O) groups is 1. The van der Waals surface area contributed by atoms with Gasteiger partial charge in [0.2, 0.25) is 0 Å². The fourth-order valence-electron chi connectivity index (χ4n) is 4.36. The second-order valence-corrected chi connectivity index (χ2v) is 10.6. The largest absolute Gasteiger partial charge is 0.308 e. The molecule has 0 radical (unpaired) electrons. The number of carbonyl (C=O) groups excluding carboxylic acids is 1. The van der Waals surface area contributed by atoms with Crippen LogP contribution >= 0.6 is 0 Å². The van der Waals surface area contributed by atoms with Crippen molar-refractivity contribution in [1.29, 1.82) is 0 Å². The van der Waals surface area contributed by atoms with E-state index in [4.69, 9.17) is 4.98 Å². The maximum Gasteiger partial charge on any atom is 0.301 e. The molecule has 5 aromatic rings. The van der Waals surface area contributed by atoms with Gasteiger partial charge >= 0.3 is 10.0 Å². The molecule has 1 N–H and O–H groups in total. The van der Waals surface area contributed by atoms with Crippen LogP contribution in [0, 0.1) is 6.92 Å². The number of hydrogen-bond acceptors (Lipinski definition) is 6. The van der Waals surface area contributed by atoms with Gasteiger partial charge < -0.3 is 4.57 Å². The number of anilines is 1. The van der Waals surface area contributed by atoms with Crippen LogP contribution in [0.2, 0.25) is 0 Å². The number of hydrogen-bond donors (Lipinski definition) is 1. The van der Waals surface area contributed by atoms with Crippen molar-refractivity contribution in [2.24, 2.45) is 0 Å². The molecule has 0 atom stereocenters. The van der Waals surface area contributed by atoms with Crippen LogP contribution in [0.3, 0.4) is 0 Å². The van der Waals surface area contributed by atoms with E-state index in [1.54, 1.807) is 30.3 Å². The average molecular weight is 526 g/mol. The number of rotatable bonds is 8. The summed E-state index contributed by atoms with van der Waals surface area (Å²) in [4.78, 5) is 26.3. The van der Waals surface area contributed by atoms with E-state index in [-0.39, 0.29) is 11.4 Å². The van der Waals surface area contributed by atoms with E-state index >= 15 is 0 Å². The van der Waals surface area contributed by atoms with E-state index in [2.05, 4.69) is 26.2 Å². The quantitative estimate of drug-likeness (QED) is 0.291. The Kier molecular flexibility index (Phi) is 7.02. The molecule has 3 aromatic heterocycles. The third kappa shape index (κ3) is 5.05. The van der Waals surface area contributed by atoms with Crippen LogP contribution in [0.5, 0.6) is 0 Å². The van der Waals surface area contributed by atoms with Crippen LogP contribution < -0.4 is 4.72 Å². The Hall–Kier alpha value is -4.37. The zero-order valence-electron chi connectivity index (χ0n) is 21.1. The summed E-state index contributed by atoms with van der Waals surface area (Å²) in [7, 11) is -4.34. The first-order valence-corrected chi connectivity index (χ1v) is 13.8. The minimum atomic E-state index is -4.34. The molecule has 0 saturated carbocycles. The Morgan fingerprint density at radius 3 is 2.42 bits per heavy atom. The fraction of sp³-hybridized carbons (Fsp3) is 0.172. The van der Waals surface area contributed by atoms with E-state index in [0.717, 1.165) is 46.5 Å². The molecule has 8 nitrogen and oxygen atoms in total. The summed E-state index contributed by atoms with van der Waals surface area (Å²) in [5.41, 5.74) is 5.36. The minimum Gasteiger partial charge on any atom is -0.308 e. The van der Waals surface area contributed by atoms with Gasteiger partial charge in [-0.05, 0) is 48.2 Å². The highest BCUT2D eigenvalue weighted by Crippen LogP contribution is 2.28. The predicted octanol–water partition coefficient (Wildman–Crippen LogP) is 5.38. The highest BCUT2D eigenvalue weighted by molar-refractivity contribution is 8.07. The monoisotopic (exact) mass is 525 g/mol. The molecule has 0 saturated heterocycles. The number of sulfonamides is 1. The topological polar surface area (TPSA) is 107 Å². The first-order valence-electron chi connectivity index (χ1n) is 12.3. The molecule has 9 heteroatoms. The molecule has 0 bridgehead atoms. The van der Waals surface area contributed by atoms with Crippen LogP contribution in [0.25, 0.3) is 22.3 Å². The molecule has 2 aromatic carbocycles. The van der Waals surface area contributed by atoms with Crippen LogP contribution in [0.1, 0.15) is 40.7 Å². The molecule has 5 rings (SSSR count). The normalized spacial score (nSPS) is 11.5. The SMILES string of the molecule is CCCc1nc2c(C)ccnc2n1Cc1ccc(-c2cccnc2NS(=O)(=O)C(=O)c2ccccc2)cc1. The van der Waals surface area contributed by atoms with E-state index in [9.17, 15) is 13.2 Å². The summed E-state index contributed by atoms with van der Waals surface area (Å²) in [6.45, 7) is 4.78. The summed E-state index contributed by atoms with van der Waals surface area (Å²) in [6.07, 6.45) is 5.13. The molecule has 0 amide bonds.